The fourth-order valence-electron chi connectivity index (χ4n) is 4.27. The second kappa shape index (κ2) is 15.3. The molecule has 1 rings (SSSR count). The van der Waals surface area contributed by atoms with Crippen molar-refractivity contribution in [2.75, 3.05) is 6.54 Å². The number of nitrogens with one attached hydrogen (secondary N) is 1. The molecule has 3 unspecified atom stereocenters. The summed E-state index contributed by atoms with van der Waals surface area (Å²) in [7, 11) is 0. The summed E-state index contributed by atoms with van der Waals surface area (Å²) >= 11 is 0. The highest BCUT2D eigenvalue weighted by Gasteiger charge is 2.49. The first kappa shape index (κ1) is 25.4. The molecule has 1 saturated heterocycles. The van der Waals surface area contributed by atoms with Crippen molar-refractivity contribution in [3.63, 3.8) is 0 Å². The quantitative estimate of drug-likeness (QED) is 0.283. The number of aliphatic hydroxyl groups is 1. The van der Waals surface area contributed by atoms with Gasteiger partial charge in [0.2, 0.25) is 0 Å². The summed E-state index contributed by atoms with van der Waals surface area (Å²) in [6, 6.07) is 0. The first-order valence-electron chi connectivity index (χ1n) is 12.1. The number of ether oxygens (including phenoxy) is 1. The van der Waals surface area contributed by atoms with Gasteiger partial charge in [-0.1, -0.05) is 96.8 Å². The lowest BCUT2D eigenvalue weighted by Gasteiger charge is -2.45. The number of carbonyl (C=O) groups is 1. The highest BCUT2D eigenvalue weighted by molar-refractivity contribution is 5.86. The zero-order valence-electron chi connectivity index (χ0n) is 18.9. The highest BCUT2D eigenvalue weighted by atomic mass is 16.5. The van der Waals surface area contributed by atoms with E-state index in [1.807, 2.05) is 6.92 Å². The fraction of sp³-hybridized carbons (Fsp3) is 0.958. The Morgan fingerprint density at radius 2 is 1.39 bits per heavy atom. The second-order valence-electron chi connectivity index (χ2n) is 9.03. The first-order valence-corrected chi connectivity index (χ1v) is 12.1. The van der Waals surface area contributed by atoms with E-state index in [4.69, 9.17) is 4.74 Å². The average Bonchev–Trinajstić information content (AvgIpc) is 2.64. The molecule has 0 aromatic rings. The van der Waals surface area contributed by atoms with Gasteiger partial charge < -0.3 is 15.2 Å². The van der Waals surface area contributed by atoms with E-state index in [1.54, 1.807) is 6.92 Å². The van der Waals surface area contributed by atoms with Crippen LogP contribution in [0.1, 0.15) is 124 Å². The lowest BCUT2D eigenvalue weighted by Crippen LogP contribution is -2.59. The van der Waals surface area contributed by atoms with E-state index in [0.717, 1.165) is 19.3 Å². The molecule has 1 aliphatic heterocycles. The summed E-state index contributed by atoms with van der Waals surface area (Å²) in [5.41, 5.74) is -0.633. The van der Waals surface area contributed by atoms with E-state index < -0.39 is 11.7 Å². The van der Waals surface area contributed by atoms with Crippen LogP contribution in [-0.4, -0.2) is 35.4 Å². The van der Waals surface area contributed by atoms with Crippen LogP contribution in [0.25, 0.3) is 0 Å². The maximum Gasteiger partial charge on any atom is 0.252 e. The van der Waals surface area contributed by atoms with E-state index in [0.29, 0.717) is 6.54 Å². The summed E-state index contributed by atoms with van der Waals surface area (Å²) in [4.78, 5) is 12.4. The van der Waals surface area contributed by atoms with Crippen molar-refractivity contribution in [3.05, 3.63) is 0 Å². The summed E-state index contributed by atoms with van der Waals surface area (Å²) in [5, 5.41) is 12.2. The molecule has 0 radical (unpaired) electrons. The van der Waals surface area contributed by atoms with Crippen LogP contribution < -0.4 is 5.32 Å². The van der Waals surface area contributed by atoms with E-state index >= 15 is 0 Å². The topological polar surface area (TPSA) is 58.6 Å². The molecule has 3 atom stereocenters. The molecule has 1 fully saturated rings. The largest absolute Gasteiger partial charge is 0.392 e. The van der Waals surface area contributed by atoms with Gasteiger partial charge >= 0.3 is 0 Å². The lowest BCUT2D eigenvalue weighted by atomic mass is 9.83. The Morgan fingerprint density at radius 3 is 1.79 bits per heavy atom. The van der Waals surface area contributed by atoms with Crippen molar-refractivity contribution in [3.8, 4) is 0 Å². The van der Waals surface area contributed by atoms with E-state index in [2.05, 4.69) is 12.2 Å². The molecule has 4 nitrogen and oxygen atoms in total. The van der Waals surface area contributed by atoms with Gasteiger partial charge in [0, 0.05) is 13.0 Å². The molecule has 0 aromatic heterocycles. The SMILES string of the molecule is CCCCCCCCCCCCCCCCC1(C(=O)NCC(C)O)CC(C)O1. The van der Waals surface area contributed by atoms with Crippen molar-refractivity contribution in [2.24, 2.45) is 0 Å². The van der Waals surface area contributed by atoms with Gasteiger partial charge in [-0.15, -0.1) is 0 Å². The van der Waals surface area contributed by atoms with Crippen LogP contribution >= 0.6 is 0 Å². The highest BCUT2D eigenvalue weighted by Crippen LogP contribution is 2.37. The molecular formula is C24H47NO3. The van der Waals surface area contributed by atoms with Gasteiger partial charge in [-0.2, -0.15) is 0 Å². The molecule has 2 N–H and O–H groups in total. The Morgan fingerprint density at radius 1 is 0.964 bits per heavy atom. The number of rotatable bonds is 18. The lowest BCUT2D eigenvalue weighted by molar-refractivity contribution is -0.206. The molecule has 28 heavy (non-hydrogen) atoms. The van der Waals surface area contributed by atoms with Crippen LogP contribution in [0.2, 0.25) is 0 Å². The van der Waals surface area contributed by atoms with E-state index in [9.17, 15) is 9.90 Å². The summed E-state index contributed by atoms with van der Waals surface area (Å²) in [6.07, 6.45) is 20.0. The van der Waals surface area contributed by atoms with E-state index in [-0.39, 0.29) is 12.0 Å². The predicted octanol–water partition coefficient (Wildman–Crippen LogP) is 5.90. The maximum absolute atomic E-state index is 12.4. The summed E-state index contributed by atoms with van der Waals surface area (Å²) in [5.74, 6) is -0.0406. The van der Waals surface area contributed by atoms with Gasteiger partial charge in [-0.25, -0.2) is 0 Å². The molecular weight excluding hydrogens is 350 g/mol. The molecule has 1 aliphatic rings. The van der Waals surface area contributed by atoms with Crippen LogP contribution in [0.4, 0.5) is 0 Å². The maximum atomic E-state index is 12.4. The van der Waals surface area contributed by atoms with Gasteiger partial charge in [-0.3, -0.25) is 4.79 Å². The summed E-state index contributed by atoms with van der Waals surface area (Å²) in [6.45, 7) is 6.28. The van der Waals surface area contributed by atoms with Crippen molar-refractivity contribution >= 4 is 5.91 Å². The summed E-state index contributed by atoms with van der Waals surface area (Å²) < 4.78 is 5.84. The minimum atomic E-state index is -0.633. The molecule has 0 aliphatic carbocycles. The van der Waals surface area contributed by atoms with Crippen LogP contribution in [0.15, 0.2) is 0 Å². The Balaban J connectivity index is 1.97. The molecule has 166 valence electrons. The van der Waals surface area contributed by atoms with Crippen molar-refractivity contribution in [2.45, 2.75) is 141 Å². The number of hydrogen-bond acceptors (Lipinski definition) is 3. The van der Waals surface area contributed by atoms with Gasteiger partial charge in [0.1, 0.15) is 5.60 Å². The number of carbonyl (C=O) groups excluding carboxylic acids is 1. The zero-order chi connectivity index (χ0) is 20.7. The van der Waals surface area contributed by atoms with E-state index in [1.165, 1.54) is 83.5 Å². The zero-order valence-corrected chi connectivity index (χ0v) is 18.9. The van der Waals surface area contributed by atoms with Crippen LogP contribution in [-0.2, 0) is 9.53 Å². The number of unbranched alkanes of at least 4 members (excludes halogenated alkanes) is 13. The van der Waals surface area contributed by atoms with Gasteiger partial charge in [-0.05, 0) is 20.3 Å². The van der Waals surface area contributed by atoms with Crippen molar-refractivity contribution < 1.29 is 14.6 Å². The third-order valence-electron chi connectivity index (χ3n) is 5.95. The smallest absolute Gasteiger partial charge is 0.252 e. The van der Waals surface area contributed by atoms with Crippen LogP contribution in [0.5, 0.6) is 0 Å². The molecule has 1 amide bonds. The molecule has 1 heterocycles. The monoisotopic (exact) mass is 397 g/mol. The van der Waals surface area contributed by atoms with Crippen molar-refractivity contribution in [1.82, 2.24) is 5.32 Å². The minimum absolute atomic E-state index is 0.0406. The first-order chi connectivity index (χ1) is 13.5. The molecule has 0 saturated carbocycles. The Hall–Kier alpha value is -0.610. The third kappa shape index (κ3) is 10.8. The Bertz CT molecular complexity index is 391. The Kier molecular flexibility index (Phi) is 13.9. The Labute approximate surface area is 174 Å². The molecule has 0 bridgehead atoms. The van der Waals surface area contributed by atoms with Crippen LogP contribution in [0, 0.1) is 0 Å². The van der Waals surface area contributed by atoms with Crippen molar-refractivity contribution in [1.29, 1.82) is 0 Å². The van der Waals surface area contributed by atoms with Gasteiger partial charge in [0.15, 0.2) is 0 Å². The van der Waals surface area contributed by atoms with Gasteiger partial charge in [0.05, 0.1) is 12.2 Å². The molecule has 0 aromatic carbocycles. The molecule has 0 spiro atoms. The number of hydrogen-bond donors (Lipinski definition) is 2. The van der Waals surface area contributed by atoms with Crippen LogP contribution in [0.3, 0.4) is 0 Å². The average molecular weight is 398 g/mol. The second-order valence-corrected chi connectivity index (χ2v) is 9.03. The standard InChI is InChI=1S/C24H47NO3/c1-4-5-6-7-8-9-10-11-12-13-14-15-16-17-18-24(19-22(3)28-24)23(27)25-20-21(2)26/h21-22,26H,4-20H2,1-3H3,(H,25,27). The molecule has 4 heteroatoms. The number of amides is 1. The number of aliphatic hydroxyl groups excluding tert-OH is 1. The third-order valence-corrected chi connectivity index (χ3v) is 5.95. The fourth-order valence-corrected chi connectivity index (χ4v) is 4.27. The van der Waals surface area contributed by atoms with Gasteiger partial charge in [0.25, 0.3) is 5.91 Å². The minimum Gasteiger partial charge on any atom is -0.392 e. The normalized spacial score (nSPS) is 22.6. The predicted molar refractivity (Wildman–Crippen MR) is 118 cm³/mol.